The first-order valence-corrected chi connectivity index (χ1v) is 5.73. The number of aliphatic hydroxyl groups excluding tert-OH is 1. The molecule has 0 bridgehead atoms. The SMILES string of the molecule is CC.CN(C)CCN1CCC(O)CC1. The highest BCUT2D eigenvalue weighted by molar-refractivity contribution is 4.71. The molecule has 1 heterocycles. The van der Waals surface area contributed by atoms with Gasteiger partial charge in [-0.25, -0.2) is 0 Å². The lowest BCUT2D eigenvalue weighted by atomic mass is 10.1. The Kier molecular flexibility index (Phi) is 8.14. The first-order valence-electron chi connectivity index (χ1n) is 5.73. The highest BCUT2D eigenvalue weighted by Gasteiger charge is 2.15. The van der Waals surface area contributed by atoms with Crippen molar-refractivity contribution >= 4 is 0 Å². The van der Waals surface area contributed by atoms with E-state index in [0.717, 1.165) is 39.0 Å². The summed E-state index contributed by atoms with van der Waals surface area (Å²) in [6.07, 6.45) is 1.86. The summed E-state index contributed by atoms with van der Waals surface area (Å²) in [5, 5.41) is 9.27. The van der Waals surface area contributed by atoms with Crippen molar-refractivity contribution in [1.82, 2.24) is 9.80 Å². The molecule has 1 fully saturated rings. The summed E-state index contributed by atoms with van der Waals surface area (Å²) < 4.78 is 0. The van der Waals surface area contributed by atoms with E-state index in [1.807, 2.05) is 13.8 Å². The number of piperidine rings is 1. The predicted octanol–water partition coefficient (Wildman–Crippen LogP) is 1.03. The molecular weight excluding hydrogens is 176 g/mol. The number of aliphatic hydroxyl groups is 1. The van der Waals surface area contributed by atoms with Gasteiger partial charge in [0.15, 0.2) is 0 Å². The third-order valence-corrected chi connectivity index (χ3v) is 2.42. The van der Waals surface area contributed by atoms with Crippen molar-refractivity contribution in [3.8, 4) is 0 Å². The summed E-state index contributed by atoms with van der Waals surface area (Å²) in [5.41, 5.74) is 0. The Bertz CT molecular complexity index is 120. The molecule has 1 aliphatic rings. The van der Waals surface area contributed by atoms with Crippen LogP contribution in [0.3, 0.4) is 0 Å². The second-order valence-electron chi connectivity index (χ2n) is 3.88. The van der Waals surface area contributed by atoms with E-state index in [-0.39, 0.29) is 6.10 Å². The highest BCUT2D eigenvalue weighted by Crippen LogP contribution is 2.08. The van der Waals surface area contributed by atoms with Crippen LogP contribution in [0.25, 0.3) is 0 Å². The van der Waals surface area contributed by atoms with Gasteiger partial charge in [-0.05, 0) is 26.9 Å². The molecule has 3 heteroatoms. The molecule has 14 heavy (non-hydrogen) atoms. The lowest BCUT2D eigenvalue weighted by Gasteiger charge is -2.30. The minimum Gasteiger partial charge on any atom is -0.393 e. The van der Waals surface area contributed by atoms with Crippen LogP contribution >= 0.6 is 0 Å². The number of nitrogens with zero attached hydrogens (tertiary/aromatic N) is 2. The molecule has 0 aliphatic carbocycles. The second kappa shape index (κ2) is 8.21. The Morgan fingerprint density at radius 3 is 2.14 bits per heavy atom. The summed E-state index contributed by atoms with van der Waals surface area (Å²) in [6, 6.07) is 0. The molecule has 0 atom stereocenters. The molecule has 1 saturated heterocycles. The summed E-state index contributed by atoms with van der Waals surface area (Å²) in [4.78, 5) is 4.62. The van der Waals surface area contributed by atoms with Crippen molar-refractivity contribution in [2.24, 2.45) is 0 Å². The number of rotatable bonds is 3. The maximum Gasteiger partial charge on any atom is 0.0564 e. The van der Waals surface area contributed by atoms with Crippen molar-refractivity contribution in [2.75, 3.05) is 40.3 Å². The Morgan fingerprint density at radius 2 is 1.71 bits per heavy atom. The fourth-order valence-electron chi connectivity index (χ4n) is 1.48. The Hall–Kier alpha value is -0.120. The number of hydrogen-bond donors (Lipinski definition) is 1. The van der Waals surface area contributed by atoms with E-state index in [1.54, 1.807) is 0 Å². The van der Waals surface area contributed by atoms with Gasteiger partial charge in [0.1, 0.15) is 0 Å². The maximum atomic E-state index is 9.27. The largest absolute Gasteiger partial charge is 0.393 e. The molecule has 1 N–H and O–H groups in total. The molecule has 0 radical (unpaired) electrons. The average molecular weight is 202 g/mol. The summed E-state index contributed by atoms with van der Waals surface area (Å²) in [7, 11) is 4.19. The van der Waals surface area contributed by atoms with Gasteiger partial charge in [0, 0.05) is 26.2 Å². The van der Waals surface area contributed by atoms with Crippen molar-refractivity contribution in [3.05, 3.63) is 0 Å². The van der Waals surface area contributed by atoms with Crippen molar-refractivity contribution < 1.29 is 5.11 Å². The first kappa shape index (κ1) is 13.9. The van der Waals surface area contributed by atoms with Gasteiger partial charge in [-0.2, -0.15) is 0 Å². The van der Waals surface area contributed by atoms with Gasteiger partial charge in [0.2, 0.25) is 0 Å². The van der Waals surface area contributed by atoms with Gasteiger partial charge in [0.05, 0.1) is 6.10 Å². The molecule has 86 valence electrons. The highest BCUT2D eigenvalue weighted by atomic mass is 16.3. The summed E-state index contributed by atoms with van der Waals surface area (Å²) in [6.45, 7) is 8.39. The molecule has 0 amide bonds. The zero-order valence-corrected chi connectivity index (χ0v) is 10.2. The number of likely N-dealkylation sites (tertiary alicyclic amines) is 1. The average Bonchev–Trinajstić information content (AvgIpc) is 2.20. The molecule has 0 unspecified atom stereocenters. The zero-order valence-electron chi connectivity index (χ0n) is 10.2. The molecular formula is C11H26N2O. The number of hydrogen-bond acceptors (Lipinski definition) is 3. The monoisotopic (exact) mass is 202 g/mol. The molecule has 1 aliphatic heterocycles. The van der Waals surface area contributed by atoms with Gasteiger partial charge in [-0.1, -0.05) is 13.8 Å². The minimum atomic E-state index is -0.0411. The van der Waals surface area contributed by atoms with E-state index in [1.165, 1.54) is 0 Å². The predicted molar refractivity (Wildman–Crippen MR) is 61.6 cm³/mol. The third-order valence-electron chi connectivity index (χ3n) is 2.42. The normalized spacial score (nSPS) is 19.3. The van der Waals surface area contributed by atoms with Crippen LogP contribution in [0.1, 0.15) is 26.7 Å². The lowest BCUT2D eigenvalue weighted by molar-refractivity contribution is 0.0795. The Labute approximate surface area is 88.7 Å². The van der Waals surface area contributed by atoms with E-state index >= 15 is 0 Å². The molecule has 0 aromatic carbocycles. The topological polar surface area (TPSA) is 26.7 Å². The van der Waals surface area contributed by atoms with Crippen molar-refractivity contribution in [1.29, 1.82) is 0 Å². The van der Waals surface area contributed by atoms with Crippen LogP contribution in [0.5, 0.6) is 0 Å². The van der Waals surface area contributed by atoms with E-state index in [2.05, 4.69) is 23.9 Å². The third kappa shape index (κ3) is 6.35. The molecule has 0 spiro atoms. The molecule has 0 saturated carbocycles. The van der Waals surface area contributed by atoms with Gasteiger partial charge in [0.25, 0.3) is 0 Å². The second-order valence-corrected chi connectivity index (χ2v) is 3.88. The van der Waals surface area contributed by atoms with Crippen LogP contribution in [0.2, 0.25) is 0 Å². The molecule has 0 aromatic rings. The van der Waals surface area contributed by atoms with E-state index in [9.17, 15) is 5.11 Å². The molecule has 1 rings (SSSR count). The van der Waals surface area contributed by atoms with Crippen LogP contribution in [0.15, 0.2) is 0 Å². The van der Waals surface area contributed by atoms with E-state index in [0.29, 0.717) is 0 Å². The number of likely N-dealkylation sites (N-methyl/N-ethyl adjacent to an activating group) is 1. The standard InChI is InChI=1S/C9H20N2O.C2H6/c1-10(2)7-8-11-5-3-9(12)4-6-11;1-2/h9,12H,3-8H2,1-2H3;1-2H3. The van der Waals surface area contributed by atoms with Crippen molar-refractivity contribution in [2.45, 2.75) is 32.8 Å². The van der Waals surface area contributed by atoms with E-state index in [4.69, 9.17) is 0 Å². The van der Waals surface area contributed by atoms with E-state index < -0.39 is 0 Å². The van der Waals surface area contributed by atoms with Gasteiger partial charge >= 0.3 is 0 Å². The fraction of sp³-hybridized carbons (Fsp3) is 1.00. The van der Waals surface area contributed by atoms with Crippen molar-refractivity contribution in [3.63, 3.8) is 0 Å². The maximum absolute atomic E-state index is 9.27. The Morgan fingerprint density at radius 1 is 1.21 bits per heavy atom. The smallest absolute Gasteiger partial charge is 0.0564 e. The van der Waals surface area contributed by atoms with Gasteiger partial charge < -0.3 is 14.9 Å². The van der Waals surface area contributed by atoms with Crippen LogP contribution in [-0.2, 0) is 0 Å². The quantitative estimate of drug-likeness (QED) is 0.740. The lowest BCUT2D eigenvalue weighted by Crippen LogP contribution is -2.39. The molecule has 3 nitrogen and oxygen atoms in total. The summed E-state index contributed by atoms with van der Waals surface area (Å²) in [5.74, 6) is 0. The van der Waals surface area contributed by atoms with Crippen LogP contribution < -0.4 is 0 Å². The molecule has 0 aromatic heterocycles. The zero-order chi connectivity index (χ0) is 11.0. The first-order chi connectivity index (χ1) is 6.68. The minimum absolute atomic E-state index is 0.0411. The van der Waals surface area contributed by atoms with Crippen LogP contribution in [-0.4, -0.2) is 61.3 Å². The van der Waals surface area contributed by atoms with Crippen LogP contribution in [0, 0.1) is 0 Å². The fourth-order valence-corrected chi connectivity index (χ4v) is 1.48. The van der Waals surface area contributed by atoms with Crippen LogP contribution in [0.4, 0.5) is 0 Å². The van der Waals surface area contributed by atoms with Gasteiger partial charge in [-0.15, -0.1) is 0 Å². The Balaban J connectivity index is 0.000000791. The summed E-state index contributed by atoms with van der Waals surface area (Å²) >= 11 is 0. The van der Waals surface area contributed by atoms with Gasteiger partial charge in [-0.3, -0.25) is 0 Å².